The van der Waals surface area contributed by atoms with Crippen LogP contribution < -0.4 is 10.4 Å². The number of carbonyl (C=O) groups is 1. The quantitative estimate of drug-likeness (QED) is 0.547. The van der Waals surface area contributed by atoms with Crippen molar-refractivity contribution in [3.63, 3.8) is 0 Å². The van der Waals surface area contributed by atoms with E-state index in [2.05, 4.69) is 61.0 Å². The van der Waals surface area contributed by atoms with Gasteiger partial charge in [-0.3, -0.25) is 4.79 Å². The Bertz CT molecular complexity index is 644. The van der Waals surface area contributed by atoms with Crippen LogP contribution in [0, 0.1) is 0 Å². The van der Waals surface area contributed by atoms with Gasteiger partial charge in [0.1, 0.15) is 0 Å². The van der Waals surface area contributed by atoms with E-state index in [9.17, 15) is 9.90 Å². The number of hydrogen-bond acceptors (Lipinski definition) is 2. The molecule has 5 heteroatoms. The van der Waals surface area contributed by atoms with Crippen LogP contribution in [-0.4, -0.2) is 30.8 Å². The zero-order chi connectivity index (χ0) is 18.5. The number of aliphatic carboxylic acids is 1. The summed E-state index contributed by atoms with van der Waals surface area (Å²) < 4.78 is 6.75. The van der Waals surface area contributed by atoms with Crippen LogP contribution in [0.25, 0.3) is 0 Å². The first-order chi connectivity index (χ1) is 11.8. The number of benzene rings is 2. The Hall–Kier alpha value is -1.43. The maximum atomic E-state index is 11.3. The second-order valence-corrected chi connectivity index (χ2v) is 12.1. The number of rotatable bonds is 7. The van der Waals surface area contributed by atoms with Crippen molar-refractivity contribution >= 4 is 40.6 Å². The topological polar surface area (TPSA) is 46.5 Å². The predicted molar refractivity (Wildman–Crippen MR) is 109 cm³/mol. The van der Waals surface area contributed by atoms with Crippen molar-refractivity contribution in [2.75, 3.05) is 5.33 Å². The second kappa shape index (κ2) is 8.30. The molecule has 0 bridgehead atoms. The molecule has 25 heavy (non-hydrogen) atoms. The average Bonchev–Trinajstić information content (AvgIpc) is 2.58. The molecule has 1 N–H and O–H groups in total. The summed E-state index contributed by atoms with van der Waals surface area (Å²) in [6.45, 7) is 6.56. The molecule has 0 saturated heterocycles. The van der Waals surface area contributed by atoms with Crippen molar-refractivity contribution in [1.82, 2.24) is 0 Å². The van der Waals surface area contributed by atoms with Crippen LogP contribution >= 0.6 is 15.9 Å². The molecule has 2 aromatic rings. The molecule has 0 aromatic heterocycles. The van der Waals surface area contributed by atoms with Crippen LogP contribution in [0.5, 0.6) is 0 Å². The molecule has 2 rings (SSSR count). The van der Waals surface area contributed by atoms with Gasteiger partial charge in [0.15, 0.2) is 0 Å². The molecule has 0 saturated carbocycles. The summed E-state index contributed by atoms with van der Waals surface area (Å²) in [5.41, 5.74) is 0. The van der Waals surface area contributed by atoms with Gasteiger partial charge in [0.2, 0.25) is 0 Å². The first-order valence-electron chi connectivity index (χ1n) is 8.38. The molecule has 3 nitrogen and oxygen atoms in total. The van der Waals surface area contributed by atoms with Gasteiger partial charge in [-0.1, -0.05) is 97.4 Å². The van der Waals surface area contributed by atoms with Crippen molar-refractivity contribution in [2.45, 2.75) is 38.3 Å². The van der Waals surface area contributed by atoms with Crippen LogP contribution in [0.1, 0.15) is 27.2 Å². The summed E-state index contributed by atoms with van der Waals surface area (Å²) in [5.74, 6) is -0.845. The van der Waals surface area contributed by atoms with Gasteiger partial charge in [-0.05, 0) is 15.4 Å². The summed E-state index contributed by atoms with van der Waals surface area (Å²) in [5, 5.41) is 11.9. The molecule has 0 aliphatic heterocycles. The van der Waals surface area contributed by atoms with E-state index in [0.717, 1.165) is 10.4 Å². The Morgan fingerprint density at radius 3 is 1.80 bits per heavy atom. The van der Waals surface area contributed by atoms with Gasteiger partial charge >= 0.3 is 5.97 Å². The van der Waals surface area contributed by atoms with E-state index in [-0.39, 0.29) is 17.6 Å². The lowest BCUT2D eigenvalue weighted by atomic mass is 10.2. The minimum absolute atomic E-state index is 0.0181. The van der Waals surface area contributed by atoms with Crippen molar-refractivity contribution in [3.8, 4) is 0 Å². The fraction of sp³-hybridized carbons (Fsp3) is 0.350. The summed E-state index contributed by atoms with van der Waals surface area (Å²) >= 11 is 3.44. The summed E-state index contributed by atoms with van der Waals surface area (Å²) in [6.07, 6.45) is -0.403. The minimum Gasteiger partial charge on any atom is -0.481 e. The summed E-state index contributed by atoms with van der Waals surface area (Å²) in [7, 11) is -2.69. The molecule has 0 aliphatic rings. The van der Waals surface area contributed by atoms with Crippen molar-refractivity contribution in [1.29, 1.82) is 0 Å². The highest BCUT2D eigenvalue weighted by Gasteiger charge is 2.51. The molecule has 0 radical (unpaired) electrons. The first-order valence-corrected chi connectivity index (χ1v) is 11.4. The zero-order valence-corrected chi connectivity index (χ0v) is 17.5. The normalized spacial score (nSPS) is 13.4. The summed E-state index contributed by atoms with van der Waals surface area (Å²) in [4.78, 5) is 11.3. The third-order valence-electron chi connectivity index (χ3n) is 4.33. The van der Waals surface area contributed by atoms with Gasteiger partial charge in [0, 0.05) is 5.33 Å². The Morgan fingerprint density at radius 1 is 1.04 bits per heavy atom. The molecule has 0 fully saturated rings. The molecular weight excluding hydrogens is 396 g/mol. The lowest BCUT2D eigenvalue weighted by Gasteiger charge is -2.44. The van der Waals surface area contributed by atoms with Gasteiger partial charge in [-0.2, -0.15) is 0 Å². The monoisotopic (exact) mass is 420 g/mol. The summed E-state index contributed by atoms with van der Waals surface area (Å²) in [6, 6.07) is 20.5. The number of halogens is 1. The fourth-order valence-electron chi connectivity index (χ4n) is 3.26. The van der Waals surface area contributed by atoms with Gasteiger partial charge < -0.3 is 9.53 Å². The molecule has 0 spiro atoms. The van der Waals surface area contributed by atoms with E-state index >= 15 is 0 Å². The SMILES string of the molecule is CC(C)(C)[Si](OC(CBr)CC(=O)O)(c1ccccc1)c1ccccc1. The Balaban J connectivity index is 2.66. The lowest BCUT2D eigenvalue weighted by molar-refractivity contribution is -0.138. The lowest BCUT2D eigenvalue weighted by Crippen LogP contribution is -2.68. The van der Waals surface area contributed by atoms with E-state index in [1.165, 1.54) is 0 Å². The standard InChI is InChI=1S/C20H25BrO3Si/c1-20(2,3)25(17-10-6-4-7-11-17,18-12-8-5-9-13-18)24-16(15-21)14-19(22)23/h4-13,16H,14-15H2,1-3H3,(H,22,23). The average molecular weight is 421 g/mol. The number of carboxylic acid groups (broad SMARTS) is 1. The molecular formula is C20H25BrO3Si. The van der Waals surface area contributed by atoms with Gasteiger partial charge in [-0.15, -0.1) is 0 Å². The van der Waals surface area contributed by atoms with E-state index in [1.54, 1.807) is 0 Å². The smallest absolute Gasteiger partial charge is 0.305 e. The highest BCUT2D eigenvalue weighted by atomic mass is 79.9. The highest BCUT2D eigenvalue weighted by molar-refractivity contribution is 9.09. The Kier molecular flexibility index (Phi) is 6.60. The van der Waals surface area contributed by atoms with Crippen LogP contribution in [0.3, 0.4) is 0 Å². The van der Waals surface area contributed by atoms with E-state index in [1.807, 2.05) is 36.4 Å². The number of alkyl halides is 1. The van der Waals surface area contributed by atoms with Gasteiger partial charge in [0.05, 0.1) is 12.5 Å². The maximum absolute atomic E-state index is 11.3. The molecule has 134 valence electrons. The molecule has 1 unspecified atom stereocenters. The van der Waals surface area contributed by atoms with Gasteiger partial charge in [-0.25, -0.2) is 0 Å². The van der Waals surface area contributed by atoms with E-state index in [0.29, 0.717) is 5.33 Å². The molecule has 0 aliphatic carbocycles. The van der Waals surface area contributed by atoms with Crippen LogP contribution in [0.2, 0.25) is 5.04 Å². The Morgan fingerprint density at radius 2 is 1.48 bits per heavy atom. The van der Waals surface area contributed by atoms with Crippen molar-refractivity contribution in [2.24, 2.45) is 0 Å². The van der Waals surface area contributed by atoms with Crippen molar-refractivity contribution in [3.05, 3.63) is 60.7 Å². The second-order valence-electron chi connectivity index (χ2n) is 7.16. The zero-order valence-electron chi connectivity index (χ0n) is 14.9. The molecule has 0 amide bonds. The van der Waals surface area contributed by atoms with E-state index in [4.69, 9.17) is 4.43 Å². The number of hydrogen-bond donors (Lipinski definition) is 1. The third kappa shape index (κ3) is 4.40. The minimum atomic E-state index is -2.69. The van der Waals surface area contributed by atoms with Crippen LogP contribution in [0.4, 0.5) is 0 Å². The molecule has 0 heterocycles. The van der Waals surface area contributed by atoms with Crippen LogP contribution in [0.15, 0.2) is 60.7 Å². The van der Waals surface area contributed by atoms with Crippen molar-refractivity contribution < 1.29 is 14.3 Å². The largest absolute Gasteiger partial charge is 0.481 e. The molecule has 2 aromatic carbocycles. The molecule has 1 atom stereocenters. The van der Waals surface area contributed by atoms with Crippen LogP contribution in [-0.2, 0) is 9.22 Å². The van der Waals surface area contributed by atoms with Gasteiger partial charge in [0.25, 0.3) is 8.32 Å². The first kappa shape index (κ1) is 19.9. The highest BCUT2D eigenvalue weighted by Crippen LogP contribution is 2.37. The third-order valence-corrected chi connectivity index (χ3v) is 10.1. The van der Waals surface area contributed by atoms with E-state index < -0.39 is 14.3 Å². The number of carboxylic acids is 1. The maximum Gasteiger partial charge on any atom is 0.305 e. The predicted octanol–water partition coefficient (Wildman–Crippen LogP) is 3.80. The Labute approximate surface area is 159 Å². The fourth-order valence-corrected chi connectivity index (χ4v) is 8.55.